The van der Waals surface area contributed by atoms with E-state index in [1.807, 2.05) is 13.8 Å². The average Bonchev–Trinajstić information content (AvgIpc) is 2.62. The van der Waals surface area contributed by atoms with Gasteiger partial charge in [-0.15, -0.1) is 0 Å². The van der Waals surface area contributed by atoms with Crippen molar-refractivity contribution in [3.63, 3.8) is 0 Å². The van der Waals surface area contributed by atoms with Gasteiger partial charge < -0.3 is 15.1 Å². The molecular weight excluding hydrogens is 347 g/mol. The molecule has 1 aliphatic rings. The number of nitrogens with zero attached hydrogens (tertiary/aromatic N) is 2. The van der Waals surface area contributed by atoms with Gasteiger partial charge in [-0.1, -0.05) is 12.1 Å². The van der Waals surface area contributed by atoms with Gasteiger partial charge in [0.1, 0.15) is 0 Å². The average molecular weight is 371 g/mol. The van der Waals surface area contributed by atoms with Crippen molar-refractivity contribution in [3.8, 4) is 0 Å². The SMILES string of the molecule is CCN(CC)C(=O)N1CCC(NC(=O)c2ccccc2C(F)(F)F)CC1. The lowest BCUT2D eigenvalue weighted by molar-refractivity contribution is -0.137. The van der Waals surface area contributed by atoms with E-state index in [1.165, 1.54) is 18.2 Å². The van der Waals surface area contributed by atoms with Crippen LogP contribution in [0.2, 0.25) is 0 Å². The third-order valence-electron chi connectivity index (χ3n) is 4.61. The van der Waals surface area contributed by atoms with Crippen LogP contribution in [0, 0.1) is 0 Å². The maximum Gasteiger partial charge on any atom is 0.417 e. The summed E-state index contributed by atoms with van der Waals surface area (Å²) < 4.78 is 39.1. The summed E-state index contributed by atoms with van der Waals surface area (Å²) in [4.78, 5) is 28.0. The summed E-state index contributed by atoms with van der Waals surface area (Å²) in [5.41, 5.74) is -1.31. The fourth-order valence-electron chi connectivity index (χ4n) is 3.10. The van der Waals surface area contributed by atoms with Crippen LogP contribution in [-0.2, 0) is 6.18 Å². The van der Waals surface area contributed by atoms with Crippen LogP contribution in [0.25, 0.3) is 0 Å². The van der Waals surface area contributed by atoms with E-state index in [0.29, 0.717) is 39.0 Å². The predicted molar refractivity (Wildman–Crippen MR) is 91.8 cm³/mol. The molecule has 1 aliphatic heterocycles. The van der Waals surface area contributed by atoms with Gasteiger partial charge in [-0.05, 0) is 38.8 Å². The number of hydrogen-bond acceptors (Lipinski definition) is 2. The van der Waals surface area contributed by atoms with Crippen molar-refractivity contribution in [2.75, 3.05) is 26.2 Å². The van der Waals surface area contributed by atoms with E-state index in [2.05, 4.69) is 5.32 Å². The van der Waals surface area contributed by atoms with Crippen molar-refractivity contribution in [1.29, 1.82) is 0 Å². The van der Waals surface area contributed by atoms with Crippen LogP contribution in [0.15, 0.2) is 24.3 Å². The summed E-state index contributed by atoms with van der Waals surface area (Å²) in [6.45, 7) is 6.02. The number of benzene rings is 1. The van der Waals surface area contributed by atoms with Crippen molar-refractivity contribution in [2.45, 2.75) is 38.9 Å². The third kappa shape index (κ3) is 4.68. The number of likely N-dealkylation sites (tertiary alicyclic amines) is 1. The van der Waals surface area contributed by atoms with Crippen LogP contribution in [-0.4, -0.2) is 54.0 Å². The first-order valence-electron chi connectivity index (χ1n) is 8.78. The Bertz CT molecular complexity index is 637. The number of carbonyl (C=O) groups is 2. The Balaban J connectivity index is 1.96. The normalized spacial score (nSPS) is 15.7. The molecule has 0 unspecified atom stereocenters. The summed E-state index contributed by atoms with van der Waals surface area (Å²) in [6.07, 6.45) is -3.53. The number of alkyl halides is 3. The van der Waals surface area contributed by atoms with Crippen molar-refractivity contribution in [2.24, 2.45) is 0 Å². The fraction of sp³-hybridized carbons (Fsp3) is 0.556. The Labute approximate surface area is 151 Å². The van der Waals surface area contributed by atoms with Crippen molar-refractivity contribution in [1.82, 2.24) is 15.1 Å². The zero-order chi connectivity index (χ0) is 19.3. The molecule has 0 atom stereocenters. The smallest absolute Gasteiger partial charge is 0.349 e. The molecule has 1 aromatic rings. The van der Waals surface area contributed by atoms with Crippen molar-refractivity contribution >= 4 is 11.9 Å². The maximum absolute atomic E-state index is 13.0. The number of halogens is 3. The van der Waals surface area contributed by atoms with E-state index < -0.39 is 17.6 Å². The van der Waals surface area contributed by atoms with Crippen molar-refractivity contribution in [3.05, 3.63) is 35.4 Å². The zero-order valence-electron chi connectivity index (χ0n) is 15.0. The largest absolute Gasteiger partial charge is 0.417 e. The molecule has 26 heavy (non-hydrogen) atoms. The number of urea groups is 1. The van der Waals surface area contributed by atoms with E-state index in [9.17, 15) is 22.8 Å². The second-order valence-electron chi connectivity index (χ2n) is 6.23. The number of carbonyl (C=O) groups excluding carboxylic acids is 2. The van der Waals surface area contributed by atoms with Crippen LogP contribution < -0.4 is 5.32 Å². The van der Waals surface area contributed by atoms with E-state index in [0.717, 1.165) is 6.07 Å². The number of nitrogens with one attached hydrogen (secondary N) is 1. The molecule has 1 saturated heterocycles. The van der Waals surface area contributed by atoms with Gasteiger partial charge in [0.15, 0.2) is 0 Å². The third-order valence-corrected chi connectivity index (χ3v) is 4.61. The molecule has 0 aromatic heterocycles. The van der Waals surface area contributed by atoms with Gasteiger partial charge in [0, 0.05) is 32.2 Å². The Hall–Kier alpha value is -2.25. The van der Waals surface area contributed by atoms with E-state index in [-0.39, 0.29) is 17.6 Å². The summed E-state index contributed by atoms with van der Waals surface area (Å²) in [6, 6.07) is 4.47. The predicted octanol–water partition coefficient (Wildman–Crippen LogP) is 3.36. The number of hydrogen-bond donors (Lipinski definition) is 1. The zero-order valence-corrected chi connectivity index (χ0v) is 15.0. The van der Waals surface area contributed by atoms with Crippen LogP contribution in [0.4, 0.5) is 18.0 Å². The van der Waals surface area contributed by atoms with Crippen molar-refractivity contribution < 1.29 is 22.8 Å². The molecule has 0 saturated carbocycles. The van der Waals surface area contributed by atoms with Gasteiger partial charge in [-0.3, -0.25) is 4.79 Å². The molecule has 8 heteroatoms. The highest BCUT2D eigenvalue weighted by atomic mass is 19.4. The van der Waals surface area contributed by atoms with Gasteiger partial charge in [-0.25, -0.2) is 4.79 Å². The molecule has 0 bridgehead atoms. The van der Waals surface area contributed by atoms with Crippen LogP contribution in [0.5, 0.6) is 0 Å². The maximum atomic E-state index is 13.0. The van der Waals surface area contributed by atoms with E-state index in [1.54, 1.807) is 9.80 Å². The molecule has 1 heterocycles. The van der Waals surface area contributed by atoms with Crippen LogP contribution in [0.1, 0.15) is 42.6 Å². The van der Waals surface area contributed by atoms with Gasteiger partial charge in [0.2, 0.25) is 0 Å². The van der Waals surface area contributed by atoms with Gasteiger partial charge in [0.25, 0.3) is 5.91 Å². The number of piperidine rings is 1. The first kappa shape index (κ1) is 20.1. The fourth-order valence-corrected chi connectivity index (χ4v) is 3.10. The lowest BCUT2D eigenvalue weighted by atomic mass is 10.0. The summed E-state index contributed by atoms with van der Waals surface area (Å²) >= 11 is 0. The molecule has 0 spiro atoms. The topological polar surface area (TPSA) is 52.7 Å². The van der Waals surface area contributed by atoms with Gasteiger partial charge in [-0.2, -0.15) is 13.2 Å². The molecule has 0 aliphatic carbocycles. The standard InChI is InChI=1S/C18H24F3N3O2/c1-3-23(4-2)17(26)24-11-9-13(10-12-24)22-16(25)14-7-5-6-8-15(14)18(19,20)21/h5-8,13H,3-4,9-12H2,1-2H3,(H,22,25). The molecule has 1 N–H and O–H groups in total. The van der Waals surface area contributed by atoms with Gasteiger partial charge >= 0.3 is 12.2 Å². The molecule has 1 fully saturated rings. The lowest BCUT2D eigenvalue weighted by Crippen LogP contribution is -2.50. The first-order chi connectivity index (χ1) is 12.3. The monoisotopic (exact) mass is 371 g/mol. The Morgan fingerprint density at radius 2 is 1.73 bits per heavy atom. The minimum atomic E-state index is -4.58. The van der Waals surface area contributed by atoms with Crippen LogP contribution in [0.3, 0.4) is 0 Å². The van der Waals surface area contributed by atoms with Crippen LogP contribution >= 0.6 is 0 Å². The molecule has 1 aromatic carbocycles. The second-order valence-corrected chi connectivity index (χ2v) is 6.23. The minimum absolute atomic E-state index is 0.0396. The molecule has 3 amide bonds. The highest BCUT2D eigenvalue weighted by molar-refractivity contribution is 5.96. The number of rotatable bonds is 4. The summed E-state index contributed by atoms with van der Waals surface area (Å²) in [7, 11) is 0. The lowest BCUT2D eigenvalue weighted by Gasteiger charge is -2.35. The summed E-state index contributed by atoms with van der Waals surface area (Å²) in [5.74, 6) is -0.730. The molecule has 144 valence electrons. The Morgan fingerprint density at radius 1 is 1.15 bits per heavy atom. The number of amides is 3. The minimum Gasteiger partial charge on any atom is -0.349 e. The quantitative estimate of drug-likeness (QED) is 0.882. The highest BCUT2D eigenvalue weighted by Crippen LogP contribution is 2.31. The molecule has 0 radical (unpaired) electrons. The highest BCUT2D eigenvalue weighted by Gasteiger charge is 2.35. The Morgan fingerprint density at radius 3 is 2.27 bits per heavy atom. The second kappa shape index (κ2) is 8.42. The van der Waals surface area contributed by atoms with E-state index >= 15 is 0 Å². The molecule has 5 nitrogen and oxygen atoms in total. The van der Waals surface area contributed by atoms with Gasteiger partial charge in [0.05, 0.1) is 11.1 Å². The Kier molecular flexibility index (Phi) is 6.50. The first-order valence-corrected chi connectivity index (χ1v) is 8.78. The summed E-state index contributed by atoms with van der Waals surface area (Å²) in [5, 5.41) is 2.67. The molecular formula is C18H24F3N3O2. The molecule has 2 rings (SSSR count). The van der Waals surface area contributed by atoms with E-state index in [4.69, 9.17) is 0 Å².